The maximum Gasteiger partial charge on any atom is 0.156 e. The first-order chi connectivity index (χ1) is 9.56. The summed E-state index contributed by atoms with van der Waals surface area (Å²) >= 11 is 6.15. The molecule has 0 bridgehead atoms. The van der Waals surface area contributed by atoms with Crippen LogP contribution in [0.1, 0.15) is 29.6 Å². The molecule has 3 rings (SSSR count). The van der Waals surface area contributed by atoms with Crippen molar-refractivity contribution < 1.29 is 8.91 Å². The van der Waals surface area contributed by atoms with Gasteiger partial charge >= 0.3 is 0 Å². The average molecular weight is 294 g/mol. The van der Waals surface area contributed by atoms with Crippen LogP contribution in [0.3, 0.4) is 0 Å². The smallest absolute Gasteiger partial charge is 0.156 e. The van der Waals surface area contributed by atoms with E-state index in [-0.39, 0.29) is 11.2 Å². The summed E-state index contributed by atoms with van der Waals surface area (Å²) in [6, 6.07) is 6.70. The van der Waals surface area contributed by atoms with Crippen molar-refractivity contribution in [3.63, 3.8) is 0 Å². The molecule has 1 unspecified atom stereocenters. The first-order valence-electron chi connectivity index (χ1n) is 6.27. The van der Waals surface area contributed by atoms with E-state index in [1.807, 2.05) is 30.5 Å². The van der Waals surface area contributed by atoms with Gasteiger partial charge in [-0.2, -0.15) is 0 Å². The minimum Gasteiger partial charge on any atom is -0.359 e. The van der Waals surface area contributed by atoms with E-state index in [0.29, 0.717) is 29.2 Å². The number of benzene rings is 1. The molecular formula is C14H13ClFN3O. The van der Waals surface area contributed by atoms with E-state index < -0.39 is 0 Å². The van der Waals surface area contributed by atoms with Crippen molar-refractivity contribution in [2.24, 2.45) is 0 Å². The van der Waals surface area contributed by atoms with Gasteiger partial charge in [-0.25, -0.2) is 9.37 Å². The molecule has 6 heteroatoms. The summed E-state index contributed by atoms with van der Waals surface area (Å²) in [4.78, 5) is 4.31. The molecule has 4 nitrogen and oxygen atoms in total. The molecule has 0 radical (unpaired) electrons. The number of hydrogen-bond donors (Lipinski definition) is 0. The molecular weight excluding hydrogens is 281 g/mol. The second-order valence-corrected chi connectivity index (χ2v) is 5.37. The van der Waals surface area contributed by atoms with E-state index in [1.54, 1.807) is 6.07 Å². The highest BCUT2D eigenvalue weighted by Gasteiger charge is 2.18. The van der Waals surface area contributed by atoms with Crippen LogP contribution in [0.15, 0.2) is 28.8 Å². The number of aromatic nitrogens is 3. The van der Waals surface area contributed by atoms with Gasteiger partial charge in [-0.1, -0.05) is 11.2 Å². The second-order valence-electron chi connectivity index (χ2n) is 4.71. The lowest BCUT2D eigenvalue weighted by Crippen LogP contribution is -2.05. The van der Waals surface area contributed by atoms with Crippen molar-refractivity contribution in [3.05, 3.63) is 47.4 Å². The zero-order valence-electron chi connectivity index (χ0n) is 11.1. The molecule has 0 aliphatic heterocycles. The summed E-state index contributed by atoms with van der Waals surface area (Å²) in [5.41, 5.74) is 1.82. The Morgan fingerprint density at radius 2 is 2.25 bits per heavy atom. The molecule has 0 saturated carbocycles. The van der Waals surface area contributed by atoms with E-state index in [1.165, 1.54) is 6.07 Å². The van der Waals surface area contributed by atoms with Crippen LogP contribution in [-0.4, -0.2) is 14.7 Å². The van der Waals surface area contributed by atoms with Crippen LogP contribution in [0.2, 0.25) is 0 Å². The molecule has 1 aromatic carbocycles. The van der Waals surface area contributed by atoms with E-state index in [4.69, 9.17) is 16.1 Å². The number of hydrogen-bond acceptors (Lipinski definition) is 3. The fourth-order valence-electron chi connectivity index (χ4n) is 2.25. The summed E-state index contributed by atoms with van der Waals surface area (Å²) in [7, 11) is 0. The summed E-state index contributed by atoms with van der Waals surface area (Å²) in [5, 5.41) is 3.53. The predicted molar refractivity (Wildman–Crippen MR) is 74.3 cm³/mol. The Kier molecular flexibility index (Phi) is 3.22. The molecule has 20 heavy (non-hydrogen) atoms. The average Bonchev–Trinajstić information content (AvgIpc) is 2.96. The van der Waals surface area contributed by atoms with Gasteiger partial charge in [-0.05, 0) is 26.0 Å². The van der Waals surface area contributed by atoms with Crippen molar-refractivity contribution in [1.82, 2.24) is 14.7 Å². The van der Waals surface area contributed by atoms with Gasteiger partial charge < -0.3 is 9.09 Å². The van der Waals surface area contributed by atoms with Crippen LogP contribution in [0.5, 0.6) is 0 Å². The molecule has 1 atom stereocenters. The van der Waals surface area contributed by atoms with Crippen LogP contribution in [-0.2, 0) is 6.54 Å². The molecule has 0 spiro atoms. The third kappa shape index (κ3) is 2.18. The number of para-hydroxylation sites is 1. The molecule has 0 saturated heterocycles. The van der Waals surface area contributed by atoms with Crippen molar-refractivity contribution in [1.29, 1.82) is 0 Å². The Morgan fingerprint density at radius 1 is 1.45 bits per heavy atom. The molecule has 3 aromatic rings. The van der Waals surface area contributed by atoms with E-state index in [9.17, 15) is 4.39 Å². The first-order valence-corrected chi connectivity index (χ1v) is 6.71. The number of rotatable bonds is 3. The van der Waals surface area contributed by atoms with Crippen LogP contribution >= 0.6 is 11.6 Å². The molecule has 2 heterocycles. The highest BCUT2D eigenvalue weighted by Crippen LogP contribution is 2.27. The van der Waals surface area contributed by atoms with Crippen LogP contribution < -0.4 is 0 Å². The lowest BCUT2D eigenvalue weighted by molar-refractivity contribution is 0.372. The number of imidazole rings is 1. The second kappa shape index (κ2) is 4.90. The van der Waals surface area contributed by atoms with Crippen LogP contribution in [0.4, 0.5) is 4.39 Å². The van der Waals surface area contributed by atoms with Crippen molar-refractivity contribution >= 4 is 22.6 Å². The molecule has 104 valence electrons. The number of nitrogens with zero attached hydrogens (tertiary/aromatic N) is 3. The Hall–Kier alpha value is -1.88. The minimum absolute atomic E-state index is 0.325. The van der Waals surface area contributed by atoms with Crippen molar-refractivity contribution in [2.75, 3.05) is 0 Å². The third-order valence-corrected chi connectivity index (χ3v) is 3.30. The van der Waals surface area contributed by atoms with Gasteiger partial charge in [0.1, 0.15) is 11.3 Å². The third-order valence-electron chi connectivity index (χ3n) is 3.11. The monoisotopic (exact) mass is 293 g/mol. The zero-order valence-corrected chi connectivity index (χ0v) is 11.9. The van der Waals surface area contributed by atoms with Gasteiger partial charge in [-0.15, -0.1) is 11.6 Å². The van der Waals surface area contributed by atoms with Crippen LogP contribution in [0.25, 0.3) is 11.0 Å². The van der Waals surface area contributed by atoms with E-state index in [0.717, 1.165) is 5.69 Å². The topological polar surface area (TPSA) is 43.9 Å². The normalized spacial score (nSPS) is 13.0. The molecule has 0 aliphatic carbocycles. The number of aryl methyl sites for hydroxylation is 1. The Bertz CT molecular complexity index is 763. The highest BCUT2D eigenvalue weighted by molar-refractivity contribution is 6.20. The van der Waals surface area contributed by atoms with Crippen molar-refractivity contribution in [3.8, 4) is 0 Å². The molecule has 0 amide bonds. The maximum atomic E-state index is 13.8. The molecule has 0 N–H and O–H groups in total. The standard InChI is InChI=1S/C14H13ClFN3O/c1-8-6-10(20-18-8)7-19-12-5-3-4-11(16)13(12)17-14(19)9(2)15/h3-6,9H,7H2,1-2H3. The summed E-state index contributed by atoms with van der Waals surface area (Å²) in [6.07, 6.45) is 0. The van der Waals surface area contributed by atoms with Gasteiger partial charge in [-0.3, -0.25) is 0 Å². The number of fused-ring (bicyclic) bond motifs is 1. The predicted octanol–water partition coefficient (Wildman–Crippen LogP) is 3.82. The molecule has 0 fully saturated rings. The van der Waals surface area contributed by atoms with E-state index >= 15 is 0 Å². The maximum absolute atomic E-state index is 13.8. The summed E-state index contributed by atoms with van der Waals surface area (Å²) in [6.45, 7) is 4.08. The Morgan fingerprint density at radius 3 is 2.90 bits per heavy atom. The molecule has 2 aromatic heterocycles. The van der Waals surface area contributed by atoms with Gasteiger partial charge in [0.25, 0.3) is 0 Å². The fourth-order valence-corrected chi connectivity index (χ4v) is 2.41. The Labute approximate surface area is 120 Å². The highest BCUT2D eigenvalue weighted by atomic mass is 35.5. The van der Waals surface area contributed by atoms with Gasteiger partial charge in [0.05, 0.1) is 23.1 Å². The van der Waals surface area contributed by atoms with E-state index in [2.05, 4.69) is 10.1 Å². The summed E-state index contributed by atoms with van der Waals surface area (Å²) in [5.74, 6) is 0.944. The first kappa shape index (κ1) is 13.1. The fraction of sp³-hybridized carbons (Fsp3) is 0.286. The van der Waals surface area contributed by atoms with Gasteiger partial charge in [0.2, 0.25) is 0 Å². The Balaban J connectivity index is 2.16. The number of alkyl halides is 1. The SMILES string of the molecule is Cc1cc(Cn2c(C(C)Cl)nc3c(F)cccc32)on1. The quantitative estimate of drug-likeness (QED) is 0.690. The van der Waals surface area contributed by atoms with Crippen LogP contribution in [0, 0.1) is 12.7 Å². The lowest BCUT2D eigenvalue weighted by Gasteiger charge is -2.08. The zero-order chi connectivity index (χ0) is 14.3. The number of halogens is 2. The lowest BCUT2D eigenvalue weighted by atomic mass is 10.3. The minimum atomic E-state index is -0.353. The van der Waals surface area contributed by atoms with Crippen molar-refractivity contribution in [2.45, 2.75) is 25.8 Å². The largest absolute Gasteiger partial charge is 0.359 e. The van der Waals surface area contributed by atoms with Gasteiger partial charge in [0.15, 0.2) is 11.6 Å². The summed E-state index contributed by atoms with van der Waals surface area (Å²) < 4.78 is 20.9. The van der Waals surface area contributed by atoms with Gasteiger partial charge in [0, 0.05) is 6.07 Å². The molecule has 0 aliphatic rings.